The Bertz CT molecular complexity index is 156. The molecule has 0 spiro atoms. The van der Waals surface area contributed by atoms with Gasteiger partial charge < -0.3 is 10.0 Å². The molecule has 1 aliphatic heterocycles. The highest BCUT2D eigenvalue weighted by Crippen LogP contribution is 2.57. The van der Waals surface area contributed by atoms with Gasteiger partial charge in [-0.1, -0.05) is 6.92 Å². The van der Waals surface area contributed by atoms with Crippen LogP contribution < -0.4 is 0 Å². The summed E-state index contributed by atoms with van der Waals surface area (Å²) in [6.07, 6.45) is 2.53. The number of hydrogen-bond donors (Lipinski definition) is 1. The van der Waals surface area contributed by atoms with Crippen molar-refractivity contribution in [2.75, 3.05) is 26.2 Å². The Morgan fingerprint density at radius 1 is 1.64 bits per heavy atom. The molecule has 1 heterocycles. The molecule has 0 radical (unpaired) electrons. The van der Waals surface area contributed by atoms with E-state index in [0.717, 1.165) is 12.5 Å². The van der Waals surface area contributed by atoms with E-state index < -0.39 is 0 Å². The molecule has 2 unspecified atom stereocenters. The first-order valence-electron chi connectivity index (χ1n) is 4.64. The number of fused-ring (bicyclic) bond motifs is 1. The molecule has 0 bridgehead atoms. The van der Waals surface area contributed by atoms with Gasteiger partial charge in [-0.25, -0.2) is 0 Å². The summed E-state index contributed by atoms with van der Waals surface area (Å²) in [6, 6.07) is 0. The first kappa shape index (κ1) is 7.56. The van der Waals surface area contributed by atoms with Crippen LogP contribution in [0.2, 0.25) is 0 Å². The molecule has 2 heteroatoms. The minimum Gasteiger partial charge on any atom is -0.396 e. The summed E-state index contributed by atoms with van der Waals surface area (Å²) in [5, 5.41) is 9.13. The zero-order valence-electron chi connectivity index (χ0n) is 7.21. The quantitative estimate of drug-likeness (QED) is 0.649. The van der Waals surface area contributed by atoms with Crippen molar-refractivity contribution >= 4 is 0 Å². The fourth-order valence-corrected chi connectivity index (χ4v) is 2.44. The van der Waals surface area contributed by atoms with Gasteiger partial charge in [0.25, 0.3) is 0 Å². The highest BCUT2D eigenvalue weighted by molar-refractivity contribution is 5.09. The number of likely N-dealkylation sites (tertiary alicyclic amines) is 1. The number of rotatable bonds is 3. The van der Waals surface area contributed by atoms with Gasteiger partial charge in [-0.15, -0.1) is 0 Å². The predicted octanol–water partition coefficient (Wildman–Crippen LogP) is 0.711. The molecule has 0 aromatic rings. The summed E-state index contributed by atoms with van der Waals surface area (Å²) in [5.74, 6) is 0.832. The van der Waals surface area contributed by atoms with Crippen LogP contribution in [0.5, 0.6) is 0 Å². The Morgan fingerprint density at radius 3 is 3.00 bits per heavy atom. The van der Waals surface area contributed by atoms with Crippen LogP contribution in [0.15, 0.2) is 0 Å². The van der Waals surface area contributed by atoms with Crippen LogP contribution in [0.4, 0.5) is 0 Å². The molecule has 1 saturated carbocycles. The van der Waals surface area contributed by atoms with Crippen molar-refractivity contribution in [3.63, 3.8) is 0 Å². The van der Waals surface area contributed by atoms with Crippen molar-refractivity contribution in [3.8, 4) is 0 Å². The molecule has 1 aliphatic carbocycles. The Kier molecular flexibility index (Phi) is 1.69. The Balaban J connectivity index is 1.87. The zero-order chi connectivity index (χ0) is 7.90. The van der Waals surface area contributed by atoms with E-state index in [9.17, 15) is 0 Å². The number of aliphatic hydroxyl groups is 1. The van der Waals surface area contributed by atoms with Gasteiger partial charge in [-0.2, -0.15) is 0 Å². The minimum absolute atomic E-state index is 0.356. The van der Waals surface area contributed by atoms with E-state index in [0.29, 0.717) is 12.0 Å². The molecule has 0 aromatic heterocycles. The fraction of sp³-hybridized carbons (Fsp3) is 1.00. The fourth-order valence-electron chi connectivity index (χ4n) is 2.44. The number of nitrogens with zero attached hydrogens (tertiary/aromatic N) is 1. The van der Waals surface area contributed by atoms with E-state index in [1.807, 2.05) is 0 Å². The van der Waals surface area contributed by atoms with E-state index in [4.69, 9.17) is 5.11 Å². The molecular formula is C9H17NO. The maximum atomic E-state index is 9.13. The second-order valence-corrected chi connectivity index (χ2v) is 4.16. The Hall–Kier alpha value is -0.0800. The van der Waals surface area contributed by atoms with Crippen molar-refractivity contribution in [2.24, 2.45) is 11.3 Å². The molecule has 1 N–H and O–H groups in total. The van der Waals surface area contributed by atoms with E-state index >= 15 is 0 Å². The largest absolute Gasteiger partial charge is 0.396 e. The van der Waals surface area contributed by atoms with Crippen LogP contribution in [0.3, 0.4) is 0 Å². The number of aliphatic hydroxyl groups excluding tert-OH is 1. The summed E-state index contributed by atoms with van der Waals surface area (Å²) >= 11 is 0. The first-order chi connectivity index (χ1) is 5.30. The highest BCUT2D eigenvalue weighted by Gasteiger charge is 2.58. The topological polar surface area (TPSA) is 23.5 Å². The van der Waals surface area contributed by atoms with Crippen LogP contribution in [0.25, 0.3) is 0 Å². The minimum atomic E-state index is 0.356. The molecule has 1 saturated heterocycles. The lowest BCUT2D eigenvalue weighted by molar-refractivity contribution is 0.187. The van der Waals surface area contributed by atoms with Crippen molar-refractivity contribution in [1.29, 1.82) is 0 Å². The lowest BCUT2D eigenvalue weighted by Gasteiger charge is -2.18. The van der Waals surface area contributed by atoms with Gasteiger partial charge in [-0.05, 0) is 25.3 Å². The van der Waals surface area contributed by atoms with Crippen LogP contribution in [0.1, 0.15) is 19.8 Å². The summed E-state index contributed by atoms with van der Waals surface area (Å²) in [7, 11) is 0. The third kappa shape index (κ3) is 1.09. The van der Waals surface area contributed by atoms with Gasteiger partial charge in [0.15, 0.2) is 0 Å². The molecule has 2 atom stereocenters. The molecule has 2 nitrogen and oxygen atoms in total. The van der Waals surface area contributed by atoms with Crippen LogP contribution in [0, 0.1) is 11.3 Å². The first-order valence-corrected chi connectivity index (χ1v) is 4.64. The van der Waals surface area contributed by atoms with Gasteiger partial charge in [0.2, 0.25) is 0 Å². The smallest absolute Gasteiger partial charge is 0.0502 e. The van der Waals surface area contributed by atoms with E-state index in [1.54, 1.807) is 0 Å². The van der Waals surface area contributed by atoms with E-state index in [-0.39, 0.29) is 0 Å². The monoisotopic (exact) mass is 155 g/mol. The van der Waals surface area contributed by atoms with Gasteiger partial charge in [0, 0.05) is 18.5 Å². The Morgan fingerprint density at radius 2 is 2.45 bits per heavy atom. The molecule has 0 aromatic carbocycles. The standard InChI is InChI=1S/C9H17NO/c1-2-3-10-5-8-4-9(8,6-10)7-11/h8,11H,2-7H2,1H3. The lowest BCUT2D eigenvalue weighted by atomic mass is 10.1. The summed E-state index contributed by atoms with van der Waals surface area (Å²) in [4.78, 5) is 2.49. The summed E-state index contributed by atoms with van der Waals surface area (Å²) < 4.78 is 0. The molecule has 2 rings (SSSR count). The van der Waals surface area contributed by atoms with Crippen LogP contribution in [-0.4, -0.2) is 36.2 Å². The molecule has 2 aliphatic rings. The molecule has 2 fully saturated rings. The van der Waals surface area contributed by atoms with Gasteiger partial charge >= 0.3 is 0 Å². The third-order valence-corrected chi connectivity index (χ3v) is 3.23. The van der Waals surface area contributed by atoms with Gasteiger partial charge in [-0.3, -0.25) is 0 Å². The third-order valence-electron chi connectivity index (χ3n) is 3.23. The van der Waals surface area contributed by atoms with Gasteiger partial charge in [0.05, 0.1) is 6.61 Å². The summed E-state index contributed by atoms with van der Waals surface area (Å²) in [5.41, 5.74) is 0.356. The summed E-state index contributed by atoms with van der Waals surface area (Å²) in [6.45, 7) is 6.25. The van der Waals surface area contributed by atoms with E-state index in [2.05, 4.69) is 11.8 Å². The predicted molar refractivity (Wildman–Crippen MR) is 44.4 cm³/mol. The van der Waals surface area contributed by atoms with E-state index in [1.165, 1.54) is 25.9 Å². The molecule has 64 valence electrons. The normalized spacial score (nSPS) is 42.5. The van der Waals surface area contributed by atoms with Crippen molar-refractivity contribution in [1.82, 2.24) is 4.90 Å². The average molecular weight is 155 g/mol. The molecule has 0 amide bonds. The maximum absolute atomic E-state index is 9.13. The van der Waals surface area contributed by atoms with Crippen molar-refractivity contribution in [3.05, 3.63) is 0 Å². The second-order valence-electron chi connectivity index (χ2n) is 4.16. The van der Waals surface area contributed by atoms with Crippen LogP contribution in [-0.2, 0) is 0 Å². The second kappa shape index (κ2) is 2.46. The van der Waals surface area contributed by atoms with Crippen LogP contribution >= 0.6 is 0 Å². The highest BCUT2D eigenvalue weighted by atomic mass is 16.3. The maximum Gasteiger partial charge on any atom is 0.0502 e. The Labute approximate surface area is 68.2 Å². The van der Waals surface area contributed by atoms with Gasteiger partial charge in [0.1, 0.15) is 0 Å². The lowest BCUT2D eigenvalue weighted by Crippen LogP contribution is -2.26. The number of hydrogen-bond acceptors (Lipinski definition) is 2. The number of piperidine rings is 1. The molecular weight excluding hydrogens is 138 g/mol. The average Bonchev–Trinajstić information content (AvgIpc) is 2.57. The van der Waals surface area contributed by atoms with Crippen molar-refractivity contribution < 1.29 is 5.11 Å². The SMILES string of the molecule is CCCN1CC2CC2(CO)C1. The molecule has 11 heavy (non-hydrogen) atoms. The zero-order valence-corrected chi connectivity index (χ0v) is 7.21. The van der Waals surface area contributed by atoms with Crippen molar-refractivity contribution in [2.45, 2.75) is 19.8 Å².